The van der Waals surface area contributed by atoms with Crippen LogP contribution in [0, 0.1) is 0 Å². The highest BCUT2D eigenvalue weighted by Gasteiger charge is 2.24. The van der Waals surface area contributed by atoms with Gasteiger partial charge >= 0.3 is 0 Å². The van der Waals surface area contributed by atoms with E-state index in [2.05, 4.69) is 58.7 Å². The summed E-state index contributed by atoms with van der Waals surface area (Å²) >= 11 is 1.84. The first-order chi connectivity index (χ1) is 12.9. The van der Waals surface area contributed by atoms with Crippen LogP contribution in [0.15, 0.2) is 12.4 Å². The summed E-state index contributed by atoms with van der Waals surface area (Å²) < 4.78 is 0. The predicted molar refractivity (Wildman–Crippen MR) is 110 cm³/mol. The monoisotopic (exact) mass is 386 g/mol. The van der Waals surface area contributed by atoms with Crippen LogP contribution in [0.5, 0.6) is 0 Å². The quantitative estimate of drug-likeness (QED) is 0.808. The fourth-order valence-electron chi connectivity index (χ4n) is 3.61. The van der Waals surface area contributed by atoms with Gasteiger partial charge in [0.15, 0.2) is 5.13 Å². The molecule has 2 aliphatic heterocycles. The first-order valence-corrected chi connectivity index (χ1v) is 10.7. The lowest BCUT2D eigenvalue weighted by Gasteiger charge is -2.32. The van der Waals surface area contributed by atoms with Gasteiger partial charge in [0.1, 0.15) is 5.82 Å². The Bertz CT molecular complexity index is 788. The second-order valence-electron chi connectivity index (χ2n) is 8.78. The van der Waals surface area contributed by atoms with Gasteiger partial charge in [-0.2, -0.15) is 0 Å². The molecule has 2 aromatic heterocycles. The number of fused-ring (bicyclic) bond motifs is 1. The third kappa shape index (κ3) is 4.31. The zero-order valence-corrected chi connectivity index (χ0v) is 17.7. The Morgan fingerprint density at radius 2 is 1.81 bits per heavy atom. The van der Waals surface area contributed by atoms with E-state index >= 15 is 0 Å². The van der Waals surface area contributed by atoms with Crippen molar-refractivity contribution < 1.29 is 0 Å². The van der Waals surface area contributed by atoms with Crippen molar-refractivity contribution in [2.24, 2.45) is 0 Å². The van der Waals surface area contributed by atoms with Crippen molar-refractivity contribution in [3.63, 3.8) is 0 Å². The van der Waals surface area contributed by atoms with Gasteiger partial charge < -0.3 is 9.80 Å². The standard InChI is InChI=1S/C20H30N6S/c1-20(2,3)18-21-11-15-13-25(6-5-17(15)23-18)14-16-12-22-19(27-16)26-9-7-24(4)8-10-26/h11-12H,5-10,13-14H2,1-4H3. The zero-order chi connectivity index (χ0) is 19.0. The minimum atomic E-state index is 0.00840. The SMILES string of the molecule is CN1CCN(c2ncc(CN3CCc4nc(C(C)(C)C)ncc4C3)s2)CC1. The molecule has 4 rings (SSSR count). The highest BCUT2D eigenvalue weighted by atomic mass is 32.1. The molecule has 0 unspecified atom stereocenters. The molecule has 4 heterocycles. The third-order valence-corrected chi connectivity index (χ3v) is 6.42. The molecule has 6 nitrogen and oxygen atoms in total. The number of thiazole rings is 1. The van der Waals surface area contributed by atoms with Crippen LogP contribution in [0.2, 0.25) is 0 Å². The van der Waals surface area contributed by atoms with Gasteiger partial charge in [0, 0.05) is 86.2 Å². The Balaban J connectivity index is 1.39. The summed E-state index contributed by atoms with van der Waals surface area (Å²) in [5.74, 6) is 0.953. The van der Waals surface area contributed by atoms with E-state index in [0.717, 1.165) is 58.1 Å². The first-order valence-electron chi connectivity index (χ1n) is 9.84. The molecule has 7 heteroatoms. The summed E-state index contributed by atoms with van der Waals surface area (Å²) in [6, 6.07) is 0. The van der Waals surface area contributed by atoms with E-state index in [1.54, 1.807) is 0 Å². The summed E-state index contributed by atoms with van der Waals surface area (Å²) in [6.07, 6.45) is 5.11. The molecule has 0 saturated carbocycles. The van der Waals surface area contributed by atoms with Gasteiger partial charge in [-0.1, -0.05) is 20.8 Å². The number of aromatic nitrogens is 3. The van der Waals surface area contributed by atoms with E-state index in [-0.39, 0.29) is 5.41 Å². The summed E-state index contributed by atoms with van der Waals surface area (Å²) in [5, 5.41) is 1.17. The van der Waals surface area contributed by atoms with Crippen LogP contribution in [0.3, 0.4) is 0 Å². The van der Waals surface area contributed by atoms with E-state index < -0.39 is 0 Å². The Labute approximate surface area is 166 Å². The summed E-state index contributed by atoms with van der Waals surface area (Å²) in [4.78, 5) is 22.8. The number of piperazine rings is 1. The van der Waals surface area contributed by atoms with E-state index in [9.17, 15) is 0 Å². The van der Waals surface area contributed by atoms with Gasteiger partial charge in [0.25, 0.3) is 0 Å². The molecule has 0 radical (unpaired) electrons. The summed E-state index contributed by atoms with van der Waals surface area (Å²) in [5.41, 5.74) is 2.51. The van der Waals surface area contributed by atoms with Crippen LogP contribution in [-0.4, -0.2) is 64.5 Å². The second kappa shape index (κ2) is 7.45. The minimum absolute atomic E-state index is 0.00840. The molecule has 0 atom stereocenters. The predicted octanol–water partition coefficient (Wildman–Crippen LogP) is 2.54. The lowest BCUT2D eigenvalue weighted by molar-refractivity contribution is 0.244. The van der Waals surface area contributed by atoms with Gasteiger partial charge in [-0.05, 0) is 7.05 Å². The van der Waals surface area contributed by atoms with E-state index in [0.29, 0.717) is 0 Å². The molecule has 0 N–H and O–H groups in total. The first kappa shape index (κ1) is 18.8. The molecule has 0 amide bonds. The van der Waals surface area contributed by atoms with Crippen molar-refractivity contribution in [3.05, 3.63) is 34.4 Å². The van der Waals surface area contributed by atoms with Gasteiger partial charge in [0.2, 0.25) is 0 Å². The Morgan fingerprint density at radius 3 is 2.56 bits per heavy atom. The smallest absolute Gasteiger partial charge is 0.185 e. The van der Waals surface area contributed by atoms with Crippen molar-refractivity contribution in [1.82, 2.24) is 24.8 Å². The minimum Gasteiger partial charge on any atom is -0.346 e. The van der Waals surface area contributed by atoms with E-state index in [1.165, 1.54) is 21.3 Å². The fraction of sp³-hybridized carbons (Fsp3) is 0.650. The van der Waals surface area contributed by atoms with Gasteiger partial charge in [-0.3, -0.25) is 4.90 Å². The van der Waals surface area contributed by atoms with Crippen LogP contribution in [0.4, 0.5) is 5.13 Å². The topological polar surface area (TPSA) is 48.4 Å². The van der Waals surface area contributed by atoms with Crippen molar-refractivity contribution in [3.8, 4) is 0 Å². The number of likely N-dealkylation sites (N-methyl/N-ethyl adjacent to an activating group) is 1. The van der Waals surface area contributed by atoms with Crippen molar-refractivity contribution in [1.29, 1.82) is 0 Å². The molecule has 27 heavy (non-hydrogen) atoms. The van der Waals surface area contributed by atoms with Crippen LogP contribution >= 0.6 is 11.3 Å². The fourth-order valence-corrected chi connectivity index (χ4v) is 4.61. The normalized spacial score (nSPS) is 19.3. The maximum atomic E-state index is 4.84. The van der Waals surface area contributed by atoms with Crippen LogP contribution < -0.4 is 4.90 Å². The number of anilines is 1. The number of rotatable bonds is 3. The molecule has 2 aromatic rings. The zero-order valence-electron chi connectivity index (χ0n) is 16.9. The van der Waals surface area contributed by atoms with E-state index in [1.807, 2.05) is 17.5 Å². The molecule has 0 aromatic carbocycles. The lowest BCUT2D eigenvalue weighted by atomic mass is 9.95. The molecule has 0 spiro atoms. The molecular formula is C20H30N6S. The van der Waals surface area contributed by atoms with E-state index in [4.69, 9.17) is 4.98 Å². The Morgan fingerprint density at radius 1 is 1.04 bits per heavy atom. The molecule has 2 aliphatic rings. The average molecular weight is 387 g/mol. The number of hydrogen-bond donors (Lipinski definition) is 0. The molecule has 0 aliphatic carbocycles. The Kier molecular flexibility index (Phi) is 5.18. The highest BCUT2D eigenvalue weighted by molar-refractivity contribution is 7.15. The van der Waals surface area contributed by atoms with Gasteiger partial charge in [0.05, 0.1) is 0 Å². The number of hydrogen-bond acceptors (Lipinski definition) is 7. The van der Waals surface area contributed by atoms with Crippen LogP contribution in [-0.2, 0) is 24.9 Å². The second-order valence-corrected chi connectivity index (χ2v) is 9.87. The molecule has 146 valence electrons. The van der Waals surface area contributed by atoms with Crippen molar-refractivity contribution in [2.45, 2.75) is 45.7 Å². The third-order valence-electron chi connectivity index (χ3n) is 5.38. The summed E-state index contributed by atoms with van der Waals surface area (Å²) in [6.45, 7) is 13.9. The average Bonchev–Trinajstić information content (AvgIpc) is 3.09. The molecule has 0 bridgehead atoms. The molecular weight excluding hydrogens is 356 g/mol. The van der Waals surface area contributed by atoms with Crippen molar-refractivity contribution in [2.75, 3.05) is 44.7 Å². The maximum Gasteiger partial charge on any atom is 0.185 e. The Hall–Kier alpha value is -1.57. The highest BCUT2D eigenvalue weighted by Crippen LogP contribution is 2.27. The number of nitrogens with zero attached hydrogens (tertiary/aromatic N) is 6. The van der Waals surface area contributed by atoms with Crippen LogP contribution in [0.25, 0.3) is 0 Å². The van der Waals surface area contributed by atoms with Gasteiger partial charge in [-0.15, -0.1) is 11.3 Å². The van der Waals surface area contributed by atoms with Gasteiger partial charge in [-0.25, -0.2) is 15.0 Å². The van der Waals surface area contributed by atoms with Crippen LogP contribution in [0.1, 0.15) is 42.7 Å². The van der Waals surface area contributed by atoms with Crippen molar-refractivity contribution >= 4 is 16.5 Å². The lowest BCUT2D eigenvalue weighted by Crippen LogP contribution is -2.44. The largest absolute Gasteiger partial charge is 0.346 e. The maximum absolute atomic E-state index is 4.84. The molecule has 1 fully saturated rings. The molecule has 1 saturated heterocycles. The summed E-state index contributed by atoms with van der Waals surface area (Å²) in [7, 11) is 2.19.